The minimum atomic E-state index is -3.78. The summed E-state index contributed by atoms with van der Waals surface area (Å²) in [5.74, 6) is 0.0633. The van der Waals surface area contributed by atoms with Crippen molar-refractivity contribution in [1.29, 1.82) is 0 Å². The zero-order chi connectivity index (χ0) is 25.2. The van der Waals surface area contributed by atoms with Crippen LogP contribution in [0.25, 0.3) is 0 Å². The summed E-state index contributed by atoms with van der Waals surface area (Å²) in [4.78, 5) is 15.1. The molecule has 0 unspecified atom stereocenters. The molecule has 0 fully saturated rings. The summed E-state index contributed by atoms with van der Waals surface area (Å²) in [6.45, 7) is 4.61. The van der Waals surface area contributed by atoms with Gasteiger partial charge in [0, 0.05) is 11.3 Å². The molecule has 0 aliphatic carbocycles. The molecule has 4 rings (SSSR count). The first-order chi connectivity index (χ1) is 16.6. The molecule has 0 aromatic heterocycles. The summed E-state index contributed by atoms with van der Waals surface area (Å²) in [5.41, 5.74) is 7.19. The number of hydrogen-bond donors (Lipinski definition) is 3. The van der Waals surface area contributed by atoms with E-state index in [0.29, 0.717) is 12.2 Å². The van der Waals surface area contributed by atoms with Crippen LogP contribution in [0.15, 0.2) is 82.8 Å². The molecule has 1 aliphatic heterocycles. The average Bonchev–Trinajstić information content (AvgIpc) is 3.08. The summed E-state index contributed by atoms with van der Waals surface area (Å²) in [5, 5.41) is 12.5. The number of nitrogens with two attached hydrogens (primary N) is 1. The van der Waals surface area contributed by atoms with Crippen LogP contribution in [0.4, 0.5) is 11.4 Å². The quantitative estimate of drug-likeness (QED) is 0.346. The second-order valence-corrected chi connectivity index (χ2v) is 10.4. The van der Waals surface area contributed by atoms with Gasteiger partial charge in [-0.05, 0) is 65.7 Å². The van der Waals surface area contributed by atoms with Gasteiger partial charge in [-0.2, -0.15) is 5.10 Å². The number of sulfonamides is 1. The van der Waals surface area contributed by atoms with Crippen LogP contribution in [0.3, 0.4) is 0 Å². The third kappa shape index (κ3) is 5.56. The number of carbonyl (C=O) groups is 1. The van der Waals surface area contributed by atoms with Gasteiger partial charge in [-0.3, -0.25) is 10.2 Å². The van der Waals surface area contributed by atoms with E-state index in [1.54, 1.807) is 4.90 Å². The minimum absolute atomic E-state index is 0.00482. The fourth-order valence-electron chi connectivity index (χ4n) is 3.71. The van der Waals surface area contributed by atoms with Crippen molar-refractivity contribution in [2.45, 2.75) is 31.2 Å². The van der Waals surface area contributed by atoms with E-state index in [1.807, 2.05) is 48.5 Å². The molecule has 0 saturated carbocycles. The number of nitrogens with zero attached hydrogens (tertiary/aromatic N) is 2. The number of nitrogens with one attached hydrogen (secondary N) is 2. The second kappa shape index (κ2) is 9.95. The van der Waals surface area contributed by atoms with Gasteiger partial charge in [0.1, 0.15) is 0 Å². The lowest BCUT2D eigenvalue weighted by atomic mass is 9.99. The standard InChI is InChI=1S/C25H25N5O3S2/c1-16(2)18-8-13-22-21(14-18)23(24(31)30(22)15-17-6-4-3-5-7-17)28-29-25(34)27-19-9-11-20(12-10-19)35(26,32)33/h3-14,16H,15H2,1-2H3,(H2,26,32,33)(H2,27,29,34). The summed E-state index contributed by atoms with van der Waals surface area (Å²) in [7, 11) is -3.78. The summed E-state index contributed by atoms with van der Waals surface area (Å²) in [6, 6.07) is 21.6. The van der Waals surface area contributed by atoms with Crippen molar-refractivity contribution in [1.82, 2.24) is 5.43 Å². The van der Waals surface area contributed by atoms with Gasteiger partial charge in [0.2, 0.25) is 10.0 Å². The van der Waals surface area contributed by atoms with E-state index in [0.717, 1.165) is 22.4 Å². The van der Waals surface area contributed by atoms with E-state index < -0.39 is 10.0 Å². The highest BCUT2D eigenvalue weighted by Crippen LogP contribution is 2.33. The van der Waals surface area contributed by atoms with Crippen molar-refractivity contribution in [2.24, 2.45) is 10.2 Å². The van der Waals surface area contributed by atoms with Gasteiger partial charge in [0.15, 0.2) is 10.8 Å². The molecular weight excluding hydrogens is 482 g/mol. The lowest BCUT2D eigenvalue weighted by Gasteiger charge is -2.17. The van der Waals surface area contributed by atoms with Crippen molar-refractivity contribution in [2.75, 3.05) is 10.2 Å². The van der Waals surface area contributed by atoms with E-state index in [-0.39, 0.29) is 27.5 Å². The van der Waals surface area contributed by atoms with E-state index >= 15 is 0 Å². The molecule has 180 valence electrons. The van der Waals surface area contributed by atoms with Crippen molar-refractivity contribution in [3.63, 3.8) is 0 Å². The molecule has 0 bridgehead atoms. The Kier molecular flexibility index (Phi) is 6.97. The number of rotatable bonds is 6. The highest BCUT2D eigenvalue weighted by Gasteiger charge is 2.34. The Morgan fingerprint density at radius 1 is 1.06 bits per heavy atom. The number of hydrazone groups is 1. The maximum absolute atomic E-state index is 13.4. The van der Waals surface area contributed by atoms with Crippen LogP contribution >= 0.6 is 12.2 Å². The van der Waals surface area contributed by atoms with E-state index in [2.05, 4.69) is 29.7 Å². The van der Waals surface area contributed by atoms with Crippen LogP contribution in [0.2, 0.25) is 0 Å². The van der Waals surface area contributed by atoms with E-state index in [1.165, 1.54) is 24.3 Å². The molecule has 8 nitrogen and oxygen atoms in total. The Balaban J connectivity index is 1.57. The number of fused-ring (bicyclic) bond motifs is 1. The Hall–Kier alpha value is -3.60. The van der Waals surface area contributed by atoms with Gasteiger partial charge in [0.05, 0.1) is 17.1 Å². The first-order valence-electron chi connectivity index (χ1n) is 10.9. The fourth-order valence-corrected chi connectivity index (χ4v) is 4.39. The monoisotopic (exact) mass is 507 g/mol. The SMILES string of the molecule is CC(C)c1ccc2c(c1)C(=NNC(=S)Nc1ccc(S(N)(=O)=O)cc1)C(=O)N2Cc1ccccc1. The zero-order valence-electron chi connectivity index (χ0n) is 19.2. The summed E-state index contributed by atoms with van der Waals surface area (Å²) >= 11 is 5.32. The van der Waals surface area contributed by atoms with Gasteiger partial charge in [-0.25, -0.2) is 13.6 Å². The molecule has 0 radical (unpaired) electrons. The predicted molar refractivity (Wildman–Crippen MR) is 142 cm³/mol. The molecule has 3 aromatic carbocycles. The van der Waals surface area contributed by atoms with Crippen LogP contribution < -0.4 is 20.8 Å². The van der Waals surface area contributed by atoms with Gasteiger partial charge in [-0.1, -0.05) is 50.2 Å². The van der Waals surface area contributed by atoms with Crippen molar-refractivity contribution in [3.05, 3.63) is 89.5 Å². The number of anilines is 2. The largest absolute Gasteiger partial charge is 0.331 e. The summed E-state index contributed by atoms with van der Waals surface area (Å²) in [6.07, 6.45) is 0. The Labute approximate surface area is 209 Å². The van der Waals surface area contributed by atoms with Gasteiger partial charge < -0.3 is 10.2 Å². The molecular formula is C25H25N5O3S2. The van der Waals surface area contributed by atoms with Crippen LogP contribution in [0.5, 0.6) is 0 Å². The highest BCUT2D eigenvalue weighted by molar-refractivity contribution is 7.89. The summed E-state index contributed by atoms with van der Waals surface area (Å²) < 4.78 is 22.8. The minimum Gasteiger partial charge on any atom is -0.331 e. The Morgan fingerprint density at radius 2 is 1.74 bits per heavy atom. The molecule has 4 N–H and O–H groups in total. The number of benzene rings is 3. The van der Waals surface area contributed by atoms with Crippen LogP contribution in [-0.2, 0) is 21.4 Å². The number of amides is 1. The number of thiocarbonyl (C=S) groups is 1. The molecule has 0 saturated heterocycles. The third-order valence-corrected chi connectivity index (χ3v) is 6.70. The Bertz CT molecular complexity index is 1400. The van der Waals surface area contributed by atoms with E-state index in [4.69, 9.17) is 17.4 Å². The molecule has 0 spiro atoms. The van der Waals surface area contributed by atoms with Crippen molar-refractivity contribution < 1.29 is 13.2 Å². The van der Waals surface area contributed by atoms with Crippen molar-refractivity contribution >= 4 is 50.3 Å². The van der Waals surface area contributed by atoms with E-state index in [9.17, 15) is 13.2 Å². The van der Waals surface area contributed by atoms with Gasteiger partial charge >= 0.3 is 0 Å². The lowest BCUT2D eigenvalue weighted by molar-refractivity contribution is -0.112. The molecule has 3 aromatic rings. The normalized spacial score (nSPS) is 14.3. The van der Waals surface area contributed by atoms with Crippen LogP contribution in [0, 0.1) is 0 Å². The first kappa shape index (κ1) is 24.5. The number of hydrogen-bond acceptors (Lipinski definition) is 5. The maximum Gasteiger partial charge on any atom is 0.279 e. The second-order valence-electron chi connectivity index (χ2n) is 8.40. The third-order valence-electron chi connectivity index (χ3n) is 5.57. The Morgan fingerprint density at radius 3 is 2.37 bits per heavy atom. The van der Waals surface area contributed by atoms with Crippen LogP contribution in [0.1, 0.15) is 36.5 Å². The fraction of sp³-hybridized carbons (Fsp3) is 0.160. The molecule has 35 heavy (non-hydrogen) atoms. The first-order valence-corrected chi connectivity index (χ1v) is 12.9. The lowest BCUT2D eigenvalue weighted by Crippen LogP contribution is -2.32. The number of carbonyl (C=O) groups excluding carboxylic acids is 1. The zero-order valence-corrected chi connectivity index (χ0v) is 20.9. The smallest absolute Gasteiger partial charge is 0.279 e. The molecule has 10 heteroatoms. The average molecular weight is 508 g/mol. The van der Waals surface area contributed by atoms with Gasteiger partial charge in [-0.15, -0.1) is 0 Å². The van der Waals surface area contributed by atoms with Crippen molar-refractivity contribution in [3.8, 4) is 0 Å². The highest BCUT2D eigenvalue weighted by atomic mass is 32.2. The molecule has 1 heterocycles. The molecule has 1 aliphatic rings. The number of primary sulfonamides is 1. The molecule has 1 amide bonds. The van der Waals surface area contributed by atoms with Gasteiger partial charge in [0.25, 0.3) is 5.91 Å². The van der Waals surface area contributed by atoms with Crippen LogP contribution in [-0.4, -0.2) is 25.1 Å². The topological polar surface area (TPSA) is 117 Å². The molecule has 0 atom stereocenters. The maximum atomic E-state index is 13.4. The predicted octanol–water partition coefficient (Wildman–Crippen LogP) is 3.69.